The second-order valence-electron chi connectivity index (χ2n) is 9.39. The van der Waals surface area contributed by atoms with Gasteiger partial charge in [-0.15, -0.1) is 0 Å². The SMILES string of the molecule is CCOC(=O)OCOP(=O)(OCOC(=O)OCC)OCC1CC(C)C(n2ccc(=O)n(COC(=O)C(N)C(C)C)c2=O)O1. The van der Waals surface area contributed by atoms with Gasteiger partial charge in [0.15, 0.2) is 6.73 Å². The van der Waals surface area contributed by atoms with E-state index in [1.807, 2.05) is 0 Å². The Hall–Kier alpha value is -3.28. The summed E-state index contributed by atoms with van der Waals surface area (Å²) >= 11 is 0. The third-order valence-corrected chi connectivity index (χ3v) is 7.18. The smallest absolute Gasteiger partial charge is 0.442 e. The van der Waals surface area contributed by atoms with Gasteiger partial charge in [0.05, 0.1) is 25.9 Å². The summed E-state index contributed by atoms with van der Waals surface area (Å²) in [6.45, 7) is 5.53. The molecule has 1 aliphatic heterocycles. The molecule has 19 heteroatoms. The van der Waals surface area contributed by atoms with Crippen LogP contribution >= 0.6 is 7.82 Å². The van der Waals surface area contributed by atoms with E-state index < -0.39 is 82.6 Å². The van der Waals surface area contributed by atoms with Gasteiger partial charge in [0, 0.05) is 18.2 Å². The summed E-state index contributed by atoms with van der Waals surface area (Å²) in [7, 11) is -4.51. The number of nitrogens with zero attached hydrogens (tertiary/aromatic N) is 2. The number of phosphoric ester groups is 1. The molecule has 2 heterocycles. The molecule has 1 aromatic rings. The Labute approximate surface area is 246 Å². The fourth-order valence-electron chi connectivity index (χ4n) is 3.59. The van der Waals surface area contributed by atoms with Gasteiger partial charge in [-0.3, -0.25) is 18.7 Å². The van der Waals surface area contributed by atoms with Crippen LogP contribution in [0.5, 0.6) is 0 Å². The molecular weight excluding hydrogens is 601 g/mol. The Morgan fingerprint density at radius 2 is 1.58 bits per heavy atom. The predicted octanol–water partition coefficient (Wildman–Crippen LogP) is 1.84. The third kappa shape index (κ3) is 11.1. The molecule has 4 atom stereocenters. The first-order valence-electron chi connectivity index (χ1n) is 13.3. The summed E-state index contributed by atoms with van der Waals surface area (Å²) in [6, 6.07) is 0.179. The van der Waals surface area contributed by atoms with E-state index in [1.165, 1.54) is 6.20 Å². The highest BCUT2D eigenvalue weighted by molar-refractivity contribution is 7.48. The maximum Gasteiger partial charge on any atom is 0.510 e. The second kappa shape index (κ2) is 17.1. The molecule has 1 fully saturated rings. The van der Waals surface area contributed by atoms with Crippen molar-refractivity contribution in [3.8, 4) is 0 Å². The van der Waals surface area contributed by atoms with Gasteiger partial charge in [0.2, 0.25) is 13.6 Å². The molecule has 1 aromatic heterocycles. The van der Waals surface area contributed by atoms with Gasteiger partial charge >= 0.3 is 31.8 Å². The molecule has 0 radical (unpaired) electrons. The van der Waals surface area contributed by atoms with E-state index in [4.69, 9.17) is 28.8 Å². The van der Waals surface area contributed by atoms with Crippen molar-refractivity contribution in [3.63, 3.8) is 0 Å². The zero-order chi connectivity index (χ0) is 32.2. The average Bonchev–Trinajstić information content (AvgIpc) is 3.31. The summed E-state index contributed by atoms with van der Waals surface area (Å²) in [5, 5.41) is 0. The molecule has 2 rings (SSSR count). The van der Waals surface area contributed by atoms with Crippen molar-refractivity contribution in [2.24, 2.45) is 17.6 Å². The molecule has 0 aliphatic carbocycles. The summed E-state index contributed by atoms with van der Waals surface area (Å²) in [6.07, 6.45) is -2.31. The van der Waals surface area contributed by atoms with E-state index in [9.17, 15) is 28.5 Å². The molecule has 1 aliphatic rings. The minimum atomic E-state index is -4.51. The number of hydrogen-bond donors (Lipinski definition) is 1. The molecule has 0 aromatic carbocycles. The molecule has 0 saturated carbocycles. The number of carbonyl (C=O) groups excluding carboxylic acids is 3. The molecular formula is C24H38N3O15P. The standard InChI is InChI=1S/C24H38N3O15P/c1-6-34-23(31)37-13-40-43(33,41-14-38-24(32)35-7-2)39-11-17-10-16(5)20(42-17)26-9-8-18(28)27(22(26)30)12-36-21(29)19(25)15(3)4/h8-9,15-17,19-20H,6-7,10-14,25H2,1-5H3. The predicted molar refractivity (Wildman–Crippen MR) is 143 cm³/mol. The van der Waals surface area contributed by atoms with Gasteiger partial charge in [0.1, 0.15) is 12.3 Å². The van der Waals surface area contributed by atoms with Crippen LogP contribution in [0.15, 0.2) is 21.9 Å². The fourth-order valence-corrected chi connectivity index (χ4v) is 4.52. The largest absolute Gasteiger partial charge is 0.510 e. The Balaban J connectivity index is 2.08. The molecule has 244 valence electrons. The Kier molecular flexibility index (Phi) is 14.3. The average molecular weight is 640 g/mol. The van der Waals surface area contributed by atoms with Gasteiger partial charge in [-0.1, -0.05) is 20.8 Å². The molecule has 0 spiro atoms. The molecule has 2 N–H and O–H groups in total. The van der Waals surface area contributed by atoms with Crippen molar-refractivity contribution in [1.29, 1.82) is 0 Å². The summed E-state index contributed by atoms with van der Waals surface area (Å²) in [5.74, 6) is -1.30. The highest BCUT2D eigenvalue weighted by atomic mass is 31.2. The minimum Gasteiger partial charge on any atom is -0.442 e. The highest BCUT2D eigenvalue weighted by Gasteiger charge is 2.37. The molecule has 1 saturated heterocycles. The van der Waals surface area contributed by atoms with Crippen LogP contribution in [0.3, 0.4) is 0 Å². The number of rotatable bonds is 16. The van der Waals surface area contributed by atoms with Crippen LogP contribution in [-0.4, -0.2) is 73.0 Å². The van der Waals surface area contributed by atoms with Crippen LogP contribution in [-0.2, 0) is 58.1 Å². The van der Waals surface area contributed by atoms with Crippen LogP contribution in [0.4, 0.5) is 9.59 Å². The van der Waals surface area contributed by atoms with Crippen LogP contribution in [0.1, 0.15) is 47.3 Å². The van der Waals surface area contributed by atoms with Gasteiger partial charge in [-0.25, -0.2) is 32.6 Å². The quantitative estimate of drug-likeness (QED) is 0.118. The number of hydrogen-bond acceptors (Lipinski definition) is 16. The Bertz CT molecular complexity index is 1220. The van der Waals surface area contributed by atoms with E-state index in [1.54, 1.807) is 34.6 Å². The van der Waals surface area contributed by atoms with Crippen molar-refractivity contribution >= 4 is 26.1 Å². The first kappa shape index (κ1) is 35.9. The van der Waals surface area contributed by atoms with Crippen LogP contribution in [0.25, 0.3) is 0 Å². The Morgan fingerprint density at radius 3 is 2.12 bits per heavy atom. The van der Waals surface area contributed by atoms with Gasteiger partial charge in [-0.2, -0.15) is 0 Å². The first-order valence-corrected chi connectivity index (χ1v) is 14.8. The number of carbonyl (C=O) groups is 3. The van der Waals surface area contributed by atoms with Gasteiger partial charge in [-0.05, 0) is 26.2 Å². The molecule has 0 amide bonds. The topological polar surface area (TPSA) is 221 Å². The second-order valence-corrected chi connectivity index (χ2v) is 11.1. The number of nitrogens with two attached hydrogens (primary N) is 1. The zero-order valence-corrected chi connectivity index (χ0v) is 25.4. The van der Waals surface area contributed by atoms with Crippen molar-refractivity contribution < 1.29 is 60.9 Å². The van der Waals surface area contributed by atoms with E-state index >= 15 is 0 Å². The van der Waals surface area contributed by atoms with Crippen molar-refractivity contribution in [2.75, 3.05) is 33.4 Å². The van der Waals surface area contributed by atoms with Gasteiger partial charge < -0.3 is 34.2 Å². The van der Waals surface area contributed by atoms with Crippen molar-refractivity contribution in [3.05, 3.63) is 33.1 Å². The van der Waals surface area contributed by atoms with Gasteiger partial charge in [0.25, 0.3) is 5.56 Å². The van der Waals surface area contributed by atoms with Crippen molar-refractivity contribution in [2.45, 2.75) is 66.1 Å². The normalized spacial score (nSPS) is 19.1. The number of ether oxygens (including phenoxy) is 6. The monoisotopic (exact) mass is 639 g/mol. The number of aromatic nitrogens is 2. The number of phosphoric acid groups is 1. The summed E-state index contributed by atoms with van der Waals surface area (Å²) < 4.78 is 59.6. The maximum atomic E-state index is 13.1. The van der Waals surface area contributed by atoms with E-state index in [0.29, 0.717) is 11.0 Å². The molecule has 43 heavy (non-hydrogen) atoms. The van der Waals surface area contributed by atoms with Crippen LogP contribution in [0, 0.1) is 11.8 Å². The van der Waals surface area contributed by atoms with E-state index in [2.05, 4.69) is 18.9 Å². The number of esters is 1. The lowest BCUT2D eigenvalue weighted by Gasteiger charge is -2.21. The third-order valence-electron chi connectivity index (χ3n) is 5.87. The van der Waals surface area contributed by atoms with Crippen molar-refractivity contribution in [1.82, 2.24) is 9.13 Å². The lowest BCUT2D eigenvalue weighted by molar-refractivity contribution is -0.150. The highest BCUT2D eigenvalue weighted by Crippen LogP contribution is 2.50. The molecule has 18 nitrogen and oxygen atoms in total. The van der Waals surface area contributed by atoms with Crippen LogP contribution in [0.2, 0.25) is 0 Å². The molecule has 4 unspecified atom stereocenters. The lowest BCUT2D eigenvalue weighted by Crippen LogP contribution is -2.43. The molecule has 0 bridgehead atoms. The van der Waals surface area contributed by atoms with E-state index in [0.717, 1.165) is 10.6 Å². The Morgan fingerprint density at radius 1 is 1.00 bits per heavy atom. The maximum absolute atomic E-state index is 13.1. The van der Waals surface area contributed by atoms with Crippen LogP contribution < -0.4 is 17.0 Å². The fraction of sp³-hybridized carbons (Fsp3) is 0.708. The van der Waals surface area contributed by atoms with E-state index in [-0.39, 0.29) is 25.0 Å². The lowest BCUT2D eigenvalue weighted by atomic mass is 10.1. The minimum absolute atomic E-state index is 0.0212. The summed E-state index contributed by atoms with van der Waals surface area (Å²) in [5.41, 5.74) is 4.25. The first-order chi connectivity index (χ1) is 20.3. The summed E-state index contributed by atoms with van der Waals surface area (Å²) in [4.78, 5) is 60.4. The zero-order valence-electron chi connectivity index (χ0n) is 24.5.